The second kappa shape index (κ2) is 5.56. The Morgan fingerprint density at radius 2 is 1.93 bits per heavy atom. The molecule has 0 N–H and O–H groups in total. The SMILES string of the molecule is CO[n+]1ccccc1C.CS(=O)(=O)[O-]. The van der Waals surface area contributed by atoms with E-state index in [0.717, 1.165) is 5.69 Å². The lowest BCUT2D eigenvalue weighted by Gasteiger charge is -1.91. The first-order valence-corrected chi connectivity index (χ1v) is 5.59. The fourth-order valence-corrected chi connectivity index (χ4v) is 0.719. The molecule has 80 valence electrons. The van der Waals surface area contributed by atoms with Gasteiger partial charge in [0.2, 0.25) is 11.9 Å². The lowest BCUT2D eigenvalue weighted by molar-refractivity contribution is -0.889. The van der Waals surface area contributed by atoms with E-state index in [4.69, 9.17) is 17.8 Å². The van der Waals surface area contributed by atoms with Gasteiger partial charge in [0, 0.05) is 30.0 Å². The van der Waals surface area contributed by atoms with Crippen LogP contribution in [0.25, 0.3) is 0 Å². The van der Waals surface area contributed by atoms with E-state index in [1.54, 1.807) is 11.8 Å². The number of rotatable bonds is 1. The lowest BCUT2D eigenvalue weighted by Crippen LogP contribution is -2.42. The molecule has 0 bridgehead atoms. The van der Waals surface area contributed by atoms with Crippen molar-refractivity contribution < 1.29 is 22.5 Å². The maximum atomic E-state index is 9.08. The molecule has 0 fully saturated rings. The van der Waals surface area contributed by atoms with Gasteiger partial charge < -0.3 is 4.55 Å². The van der Waals surface area contributed by atoms with E-state index in [1.165, 1.54) is 0 Å². The molecular formula is C8H13NO4S. The first-order chi connectivity index (χ1) is 6.34. The molecule has 0 saturated carbocycles. The van der Waals surface area contributed by atoms with Crippen LogP contribution >= 0.6 is 0 Å². The Bertz CT molecular complexity index is 367. The van der Waals surface area contributed by atoms with E-state index in [2.05, 4.69) is 0 Å². The van der Waals surface area contributed by atoms with Crippen molar-refractivity contribution in [2.75, 3.05) is 13.4 Å². The van der Waals surface area contributed by atoms with Gasteiger partial charge in [0.25, 0.3) is 0 Å². The molecule has 0 aliphatic carbocycles. The molecular weight excluding hydrogens is 206 g/mol. The summed E-state index contributed by atoms with van der Waals surface area (Å²) >= 11 is 0. The van der Waals surface area contributed by atoms with Crippen LogP contribution in [0.2, 0.25) is 0 Å². The van der Waals surface area contributed by atoms with Crippen molar-refractivity contribution in [3.8, 4) is 0 Å². The van der Waals surface area contributed by atoms with Crippen LogP contribution in [0.5, 0.6) is 0 Å². The van der Waals surface area contributed by atoms with Crippen molar-refractivity contribution in [3.05, 3.63) is 30.1 Å². The summed E-state index contributed by atoms with van der Waals surface area (Å²) < 4.78 is 28.9. The van der Waals surface area contributed by atoms with Gasteiger partial charge in [-0.2, -0.15) is 0 Å². The normalized spacial score (nSPS) is 10.0. The Kier molecular flexibility index (Phi) is 5.11. The van der Waals surface area contributed by atoms with Crippen molar-refractivity contribution in [1.82, 2.24) is 0 Å². The maximum absolute atomic E-state index is 9.08. The third-order valence-corrected chi connectivity index (χ3v) is 1.21. The number of hydrogen-bond acceptors (Lipinski definition) is 4. The molecule has 14 heavy (non-hydrogen) atoms. The number of nitrogens with zero attached hydrogens (tertiary/aromatic N) is 1. The third-order valence-electron chi connectivity index (χ3n) is 1.21. The molecule has 1 aromatic heterocycles. The molecule has 6 heteroatoms. The summed E-state index contributed by atoms with van der Waals surface area (Å²) in [6.07, 6.45) is 2.47. The molecule has 0 saturated heterocycles. The highest BCUT2D eigenvalue weighted by atomic mass is 32.2. The molecule has 0 atom stereocenters. The zero-order chi connectivity index (χ0) is 11.2. The minimum atomic E-state index is -3.92. The van der Waals surface area contributed by atoms with E-state index >= 15 is 0 Å². The van der Waals surface area contributed by atoms with Gasteiger partial charge in [-0.3, -0.25) is 4.84 Å². The minimum Gasteiger partial charge on any atom is -0.748 e. The van der Waals surface area contributed by atoms with Gasteiger partial charge in [0.1, 0.15) is 7.11 Å². The van der Waals surface area contributed by atoms with Crippen molar-refractivity contribution in [1.29, 1.82) is 0 Å². The lowest BCUT2D eigenvalue weighted by atomic mass is 10.4. The topological polar surface area (TPSA) is 70.3 Å². The fourth-order valence-electron chi connectivity index (χ4n) is 0.719. The molecule has 0 aromatic carbocycles. The van der Waals surface area contributed by atoms with E-state index in [9.17, 15) is 0 Å². The largest absolute Gasteiger partial charge is 0.748 e. The fraction of sp³-hybridized carbons (Fsp3) is 0.375. The summed E-state index contributed by atoms with van der Waals surface area (Å²) in [6, 6.07) is 5.89. The number of hydrogen-bond donors (Lipinski definition) is 0. The Balaban J connectivity index is 0.000000292. The highest BCUT2D eigenvalue weighted by molar-refractivity contribution is 7.84. The Morgan fingerprint density at radius 3 is 2.21 bits per heavy atom. The van der Waals surface area contributed by atoms with Gasteiger partial charge in [-0.05, 0) is 6.07 Å². The first-order valence-electron chi connectivity index (χ1n) is 3.77. The standard InChI is InChI=1S/C7H10NO.CH4O3S/c1-7-5-3-4-6-8(7)9-2;1-5(2,3)4/h3-6H,1-2H3;1H3,(H,2,3,4)/q+1;/p-1. The molecule has 0 unspecified atom stereocenters. The second-order valence-electron chi connectivity index (χ2n) is 2.55. The van der Waals surface area contributed by atoms with Gasteiger partial charge in [-0.15, -0.1) is 0 Å². The molecule has 1 rings (SSSR count). The molecule has 1 aromatic rings. The zero-order valence-corrected chi connectivity index (χ0v) is 9.11. The number of aromatic nitrogens is 1. The van der Waals surface area contributed by atoms with Crippen LogP contribution in [-0.2, 0) is 10.1 Å². The summed E-state index contributed by atoms with van der Waals surface area (Å²) in [5.41, 5.74) is 1.10. The quantitative estimate of drug-likeness (QED) is 0.471. The van der Waals surface area contributed by atoms with Crippen LogP contribution in [0.3, 0.4) is 0 Å². The van der Waals surface area contributed by atoms with E-state index < -0.39 is 10.1 Å². The van der Waals surface area contributed by atoms with Gasteiger partial charge in [0.15, 0.2) is 0 Å². The average molecular weight is 219 g/mol. The van der Waals surface area contributed by atoms with Gasteiger partial charge in [-0.1, -0.05) is 0 Å². The van der Waals surface area contributed by atoms with Crippen LogP contribution in [0.1, 0.15) is 5.69 Å². The summed E-state index contributed by atoms with van der Waals surface area (Å²) in [7, 11) is -2.27. The van der Waals surface area contributed by atoms with Crippen molar-refractivity contribution in [3.63, 3.8) is 0 Å². The second-order valence-corrected chi connectivity index (χ2v) is 3.96. The highest BCUT2D eigenvalue weighted by Gasteiger charge is 2.00. The predicted molar refractivity (Wildman–Crippen MR) is 49.5 cm³/mol. The number of aryl methyl sites for hydroxylation is 1. The predicted octanol–water partition coefficient (Wildman–Crippen LogP) is -0.498. The molecule has 1 heterocycles. The van der Waals surface area contributed by atoms with Crippen molar-refractivity contribution >= 4 is 10.1 Å². The van der Waals surface area contributed by atoms with Crippen molar-refractivity contribution in [2.24, 2.45) is 0 Å². The highest BCUT2D eigenvalue weighted by Crippen LogP contribution is 1.84. The molecule has 0 radical (unpaired) electrons. The van der Waals surface area contributed by atoms with Crippen LogP contribution in [-0.4, -0.2) is 26.3 Å². The van der Waals surface area contributed by atoms with E-state index in [1.807, 2.05) is 31.3 Å². The first kappa shape index (κ1) is 12.9. The van der Waals surface area contributed by atoms with Gasteiger partial charge in [-0.25, -0.2) is 8.42 Å². The summed E-state index contributed by atoms with van der Waals surface area (Å²) in [5, 5.41) is 0. The van der Waals surface area contributed by atoms with Gasteiger partial charge in [0.05, 0.1) is 10.1 Å². The van der Waals surface area contributed by atoms with E-state index in [0.29, 0.717) is 6.26 Å². The summed E-state index contributed by atoms with van der Waals surface area (Å²) in [6.45, 7) is 1.99. The maximum Gasteiger partial charge on any atom is 0.231 e. The molecule has 0 aliphatic rings. The van der Waals surface area contributed by atoms with Crippen LogP contribution in [0.15, 0.2) is 24.4 Å². The smallest absolute Gasteiger partial charge is 0.231 e. The van der Waals surface area contributed by atoms with Crippen LogP contribution in [0.4, 0.5) is 0 Å². The van der Waals surface area contributed by atoms with Crippen LogP contribution in [0, 0.1) is 6.92 Å². The van der Waals surface area contributed by atoms with Crippen LogP contribution < -0.4 is 9.57 Å². The minimum absolute atomic E-state index is 0.604. The third kappa shape index (κ3) is 7.51. The Hall–Kier alpha value is -1.14. The molecule has 0 spiro atoms. The van der Waals surface area contributed by atoms with Crippen molar-refractivity contribution in [2.45, 2.75) is 6.92 Å². The molecule has 0 aliphatic heterocycles. The average Bonchev–Trinajstić information content (AvgIpc) is 2.02. The summed E-state index contributed by atoms with van der Waals surface area (Å²) in [4.78, 5) is 4.96. The van der Waals surface area contributed by atoms with E-state index in [-0.39, 0.29) is 0 Å². The number of pyridine rings is 1. The monoisotopic (exact) mass is 219 g/mol. The molecule has 5 nitrogen and oxygen atoms in total. The summed E-state index contributed by atoms with van der Waals surface area (Å²) in [5.74, 6) is 0. The Labute approximate surface area is 83.7 Å². The molecule has 0 amide bonds. The Morgan fingerprint density at radius 1 is 1.43 bits per heavy atom. The van der Waals surface area contributed by atoms with Gasteiger partial charge >= 0.3 is 0 Å². The zero-order valence-electron chi connectivity index (χ0n) is 8.30.